The predicted octanol–water partition coefficient (Wildman–Crippen LogP) is 2.41. The summed E-state index contributed by atoms with van der Waals surface area (Å²) in [6, 6.07) is 6.04. The molecule has 0 atom stereocenters. The average Bonchev–Trinajstić information content (AvgIpc) is 2.92. The summed E-state index contributed by atoms with van der Waals surface area (Å²) in [7, 11) is 0. The Morgan fingerprint density at radius 2 is 2.32 bits per heavy atom. The summed E-state index contributed by atoms with van der Waals surface area (Å²) in [5.74, 6) is 0.293. The maximum absolute atomic E-state index is 11.9. The van der Waals surface area contributed by atoms with Crippen molar-refractivity contribution in [1.29, 1.82) is 0 Å². The van der Waals surface area contributed by atoms with Gasteiger partial charge >= 0.3 is 0 Å². The number of para-hydroxylation sites is 1. The largest absolute Gasteiger partial charge is 0.325 e. The fourth-order valence-corrected chi connectivity index (χ4v) is 2.36. The Labute approximate surface area is 116 Å². The number of aromatic amines is 1. The molecule has 0 unspecified atom stereocenters. The normalized spacial score (nSPS) is 10.4. The first-order valence-electron chi connectivity index (χ1n) is 6.07. The summed E-state index contributed by atoms with van der Waals surface area (Å²) in [5.41, 5.74) is 3.16. The molecule has 1 heterocycles. The van der Waals surface area contributed by atoms with E-state index >= 15 is 0 Å². The Bertz CT molecular complexity index is 554. The van der Waals surface area contributed by atoms with Crippen LogP contribution in [0.15, 0.2) is 29.4 Å². The van der Waals surface area contributed by atoms with Crippen molar-refractivity contribution in [3.05, 3.63) is 35.5 Å². The van der Waals surface area contributed by atoms with E-state index in [0.29, 0.717) is 5.75 Å². The number of benzene rings is 1. The van der Waals surface area contributed by atoms with Gasteiger partial charge in [0.2, 0.25) is 5.91 Å². The number of carbonyl (C=O) groups excluding carboxylic acids is 1. The van der Waals surface area contributed by atoms with Gasteiger partial charge in [0, 0.05) is 5.69 Å². The van der Waals surface area contributed by atoms with E-state index in [2.05, 4.69) is 27.7 Å². The highest BCUT2D eigenvalue weighted by Crippen LogP contribution is 2.22. The molecule has 0 bridgehead atoms. The van der Waals surface area contributed by atoms with Crippen molar-refractivity contribution in [3.8, 4) is 0 Å². The Morgan fingerprint density at radius 3 is 3.00 bits per heavy atom. The SMILES string of the molecule is CCc1cccc(C)c1NC(=O)CSc1cn[nH]n1. The zero-order valence-corrected chi connectivity index (χ0v) is 11.8. The van der Waals surface area contributed by atoms with E-state index in [1.54, 1.807) is 6.20 Å². The van der Waals surface area contributed by atoms with Gasteiger partial charge in [-0.3, -0.25) is 4.79 Å². The van der Waals surface area contributed by atoms with Crippen molar-refractivity contribution < 1.29 is 4.79 Å². The summed E-state index contributed by atoms with van der Waals surface area (Å²) in [4.78, 5) is 11.9. The van der Waals surface area contributed by atoms with E-state index < -0.39 is 0 Å². The van der Waals surface area contributed by atoms with Crippen LogP contribution in [0.25, 0.3) is 0 Å². The molecule has 0 aliphatic carbocycles. The van der Waals surface area contributed by atoms with Crippen LogP contribution in [0.2, 0.25) is 0 Å². The fourth-order valence-electron chi connectivity index (χ4n) is 1.78. The number of rotatable bonds is 5. The lowest BCUT2D eigenvalue weighted by molar-refractivity contribution is -0.113. The molecule has 2 N–H and O–H groups in total. The van der Waals surface area contributed by atoms with E-state index in [1.165, 1.54) is 11.8 Å². The molecule has 1 aromatic heterocycles. The number of aromatic nitrogens is 3. The first kappa shape index (κ1) is 13.6. The van der Waals surface area contributed by atoms with Crippen molar-refractivity contribution in [2.24, 2.45) is 0 Å². The van der Waals surface area contributed by atoms with E-state index in [-0.39, 0.29) is 5.91 Å². The first-order valence-corrected chi connectivity index (χ1v) is 7.06. The van der Waals surface area contributed by atoms with Gasteiger partial charge < -0.3 is 5.32 Å². The summed E-state index contributed by atoms with van der Waals surface area (Å²) < 4.78 is 0. The van der Waals surface area contributed by atoms with Crippen LogP contribution in [0.3, 0.4) is 0 Å². The maximum atomic E-state index is 11.9. The second-order valence-corrected chi connectivity index (χ2v) is 5.10. The summed E-state index contributed by atoms with van der Waals surface area (Å²) in [5, 5.41) is 13.8. The van der Waals surface area contributed by atoms with Crippen LogP contribution in [-0.2, 0) is 11.2 Å². The maximum Gasteiger partial charge on any atom is 0.234 e. The molecule has 0 saturated carbocycles. The number of nitrogens with zero attached hydrogens (tertiary/aromatic N) is 2. The molecule has 2 aromatic rings. The van der Waals surface area contributed by atoms with Crippen LogP contribution in [-0.4, -0.2) is 27.1 Å². The Hall–Kier alpha value is -1.82. The number of hydrogen-bond acceptors (Lipinski definition) is 4. The van der Waals surface area contributed by atoms with E-state index in [4.69, 9.17) is 0 Å². The molecule has 0 aliphatic heterocycles. The molecule has 0 aliphatic rings. The Morgan fingerprint density at radius 1 is 1.47 bits per heavy atom. The van der Waals surface area contributed by atoms with Crippen LogP contribution in [0.1, 0.15) is 18.1 Å². The third kappa shape index (κ3) is 3.57. The van der Waals surface area contributed by atoms with Gasteiger partial charge in [0.15, 0.2) is 0 Å². The van der Waals surface area contributed by atoms with Gasteiger partial charge in [0.1, 0.15) is 5.03 Å². The zero-order chi connectivity index (χ0) is 13.7. The number of H-pyrrole nitrogens is 1. The molecule has 0 saturated heterocycles. The van der Waals surface area contributed by atoms with Gasteiger partial charge in [-0.15, -0.1) is 5.10 Å². The molecular weight excluding hydrogens is 260 g/mol. The van der Waals surface area contributed by atoms with Crippen LogP contribution in [0.5, 0.6) is 0 Å². The number of amides is 1. The molecule has 2 rings (SSSR count). The molecule has 1 aromatic carbocycles. The predicted molar refractivity (Wildman–Crippen MR) is 76.3 cm³/mol. The van der Waals surface area contributed by atoms with Gasteiger partial charge in [-0.05, 0) is 24.5 Å². The van der Waals surface area contributed by atoms with Crippen LogP contribution < -0.4 is 5.32 Å². The van der Waals surface area contributed by atoms with E-state index in [9.17, 15) is 4.79 Å². The molecule has 6 heteroatoms. The highest BCUT2D eigenvalue weighted by molar-refractivity contribution is 7.99. The second kappa shape index (κ2) is 6.38. The minimum Gasteiger partial charge on any atom is -0.325 e. The molecule has 0 radical (unpaired) electrons. The fraction of sp³-hybridized carbons (Fsp3) is 0.308. The van der Waals surface area contributed by atoms with Crippen LogP contribution in [0.4, 0.5) is 5.69 Å². The van der Waals surface area contributed by atoms with Crippen LogP contribution in [0, 0.1) is 6.92 Å². The number of thioether (sulfide) groups is 1. The quantitative estimate of drug-likeness (QED) is 0.823. The van der Waals surface area contributed by atoms with Crippen molar-refractivity contribution in [2.45, 2.75) is 25.3 Å². The van der Waals surface area contributed by atoms with Crippen molar-refractivity contribution >= 4 is 23.4 Å². The summed E-state index contributed by atoms with van der Waals surface area (Å²) in [6.07, 6.45) is 2.50. The average molecular weight is 276 g/mol. The minimum absolute atomic E-state index is 0.0306. The minimum atomic E-state index is -0.0306. The lowest BCUT2D eigenvalue weighted by Gasteiger charge is -2.12. The number of hydrogen-bond donors (Lipinski definition) is 2. The van der Waals surface area contributed by atoms with E-state index in [0.717, 1.165) is 28.3 Å². The van der Waals surface area contributed by atoms with Gasteiger partial charge in [-0.2, -0.15) is 10.3 Å². The van der Waals surface area contributed by atoms with Gasteiger partial charge in [-0.25, -0.2) is 0 Å². The Kier molecular flexibility index (Phi) is 4.57. The third-order valence-electron chi connectivity index (χ3n) is 2.75. The highest BCUT2D eigenvalue weighted by Gasteiger charge is 2.09. The molecule has 0 fully saturated rings. The standard InChI is InChI=1S/C13H16N4OS/c1-3-10-6-4-5-9(2)13(10)15-11(18)8-19-12-7-14-17-16-12/h4-7H,3,8H2,1-2H3,(H,15,18)(H,14,16,17). The lowest BCUT2D eigenvalue weighted by Crippen LogP contribution is -2.16. The van der Waals surface area contributed by atoms with Crippen molar-refractivity contribution in [1.82, 2.24) is 15.4 Å². The number of carbonyl (C=O) groups is 1. The molecule has 19 heavy (non-hydrogen) atoms. The smallest absolute Gasteiger partial charge is 0.234 e. The molecule has 0 spiro atoms. The first-order chi connectivity index (χ1) is 9.20. The van der Waals surface area contributed by atoms with Crippen molar-refractivity contribution in [3.63, 3.8) is 0 Å². The number of aryl methyl sites for hydroxylation is 2. The molecule has 5 nitrogen and oxygen atoms in total. The topological polar surface area (TPSA) is 70.7 Å². The molecule has 1 amide bonds. The van der Waals surface area contributed by atoms with Crippen molar-refractivity contribution in [2.75, 3.05) is 11.1 Å². The van der Waals surface area contributed by atoms with Gasteiger partial charge in [-0.1, -0.05) is 36.9 Å². The Balaban J connectivity index is 1.99. The number of nitrogens with one attached hydrogen (secondary N) is 2. The lowest BCUT2D eigenvalue weighted by atomic mass is 10.1. The monoisotopic (exact) mass is 276 g/mol. The highest BCUT2D eigenvalue weighted by atomic mass is 32.2. The third-order valence-corrected chi connectivity index (χ3v) is 3.65. The second-order valence-electron chi connectivity index (χ2n) is 4.11. The summed E-state index contributed by atoms with van der Waals surface area (Å²) >= 11 is 1.36. The van der Waals surface area contributed by atoms with Gasteiger partial charge in [0.05, 0.1) is 11.9 Å². The number of anilines is 1. The summed E-state index contributed by atoms with van der Waals surface area (Å²) in [6.45, 7) is 4.08. The van der Waals surface area contributed by atoms with Crippen LogP contribution >= 0.6 is 11.8 Å². The molecule has 100 valence electrons. The zero-order valence-electron chi connectivity index (χ0n) is 10.9. The molecular formula is C13H16N4OS. The van der Waals surface area contributed by atoms with E-state index in [1.807, 2.05) is 25.1 Å². The van der Waals surface area contributed by atoms with Gasteiger partial charge in [0.25, 0.3) is 0 Å².